The van der Waals surface area contributed by atoms with E-state index in [9.17, 15) is 13.7 Å². The Hall–Kier alpha value is -3.89. The smallest absolute Gasteiger partial charge is 0.339 e. The van der Waals surface area contributed by atoms with E-state index >= 15 is 0 Å². The molecule has 0 spiro atoms. The lowest BCUT2D eigenvalue weighted by Gasteiger charge is -2.07. The maximum atomic E-state index is 12.4. The van der Waals surface area contributed by atoms with Gasteiger partial charge in [0.25, 0.3) is 0 Å². The third-order valence-electron chi connectivity index (χ3n) is 4.05. The average molecular weight is 402 g/mol. The number of fused-ring (bicyclic) bond motifs is 1. The van der Waals surface area contributed by atoms with Gasteiger partial charge in [-0.2, -0.15) is 13.7 Å². The summed E-state index contributed by atoms with van der Waals surface area (Å²) in [6.07, 6.45) is 1.56. The number of hydrogen-bond acceptors (Lipinski definition) is 6. The number of allylic oxidation sites excluding steroid dienone is 1. The molecule has 0 fully saturated rings. The van der Waals surface area contributed by atoms with Gasteiger partial charge in [-0.3, -0.25) is 0 Å². The average Bonchev–Trinajstić information content (AvgIpc) is 3.17. The lowest BCUT2D eigenvalue weighted by atomic mass is 10.1. The van der Waals surface area contributed by atoms with Crippen LogP contribution in [-0.2, 0) is 10.1 Å². The van der Waals surface area contributed by atoms with E-state index in [0.29, 0.717) is 16.7 Å². The van der Waals surface area contributed by atoms with E-state index in [1.54, 1.807) is 48.5 Å². The summed E-state index contributed by atoms with van der Waals surface area (Å²) in [7, 11) is -3.95. The highest BCUT2D eigenvalue weighted by atomic mass is 32.2. The second-order valence-electron chi connectivity index (χ2n) is 6.08. The highest BCUT2D eigenvalue weighted by molar-refractivity contribution is 7.87. The van der Waals surface area contributed by atoms with Crippen molar-refractivity contribution in [2.24, 2.45) is 0 Å². The normalized spacial score (nSPS) is 11.9. The van der Waals surface area contributed by atoms with Gasteiger partial charge in [0.15, 0.2) is 5.58 Å². The van der Waals surface area contributed by atoms with Gasteiger partial charge in [-0.25, -0.2) is 4.98 Å². The molecule has 7 heteroatoms. The molecule has 4 aromatic rings. The summed E-state index contributed by atoms with van der Waals surface area (Å²) in [4.78, 5) is 4.38. The molecule has 0 bridgehead atoms. The molecular weight excluding hydrogens is 388 g/mol. The molecule has 0 aliphatic carbocycles. The summed E-state index contributed by atoms with van der Waals surface area (Å²) in [6, 6.07) is 23.6. The predicted molar refractivity (Wildman–Crippen MR) is 108 cm³/mol. The van der Waals surface area contributed by atoms with Crippen LogP contribution in [0.15, 0.2) is 88.2 Å². The fourth-order valence-corrected chi connectivity index (χ4v) is 3.66. The van der Waals surface area contributed by atoms with E-state index in [0.717, 1.165) is 0 Å². The molecule has 3 aromatic carbocycles. The Morgan fingerprint density at radius 1 is 1.00 bits per heavy atom. The van der Waals surface area contributed by atoms with E-state index in [-0.39, 0.29) is 22.1 Å². The van der Waals surface area contributed by atoms with Crippen molar-refractivity contribution in [1.82, 2.24) is 4.98 Å². The Kier molecular flexibility index (Phi) is 4.85. The summed E-state index contributed by atoms with van der Waals surface area (Å²) in [5.41, 5.74) is 2.01. The van der Waals surface area contributed by atoms with E-state index < -0.39 is 10.1 Å². The molecule has 0 atom stereocenters. The van der Waals surface area contributed by atoms with Crippen LogP contribution in [-0.4, -0.2) is 13.4 Å². The van der Waals surface area contributed by atoms with E-state index in [4.69, 9.17) is 8.60 Å². The Balaban J connectivity index is 1.65. The predicted octanol–water partition coefficient (Wildman–Crippen LogP) is 4.66. The zero-order chi connectivity index (χ0) is 20.3. The lowest BCUT2D eigenvalue weighted by molar-refractivity contribution is 0.486. The first-order valence-electron chi connectivity index (χ1n) is 8.62. The third-order valence-corrected chi connectivity index (χ3v) is 5.31. The maximum Gasteiger partial charge on any atom is 0.339 e. The van der Waals surface area contributed by atoms with Crippen molar-refractivity contribution in [3.05, 3.63) is 90.3 Å². The van der Waals surface area contributed by atoms with Crippen molar-refractivity contribution in [2.45, 2.75) is 4.90 Å². The second kappa shape index (κ2) is 7.62. The van der Waals surface area contributed by atoms with Crippen LogP contribution < -0.4 is 4.18 Å². The molecule has 0 saturated heterocycles. The SMILES string of the molecule is N#C/C(=C/c1cccc(OS(=O)(=O)c2ccccc2)c1)c1nc2ccccc2o1. The fourth-order valence-electron chi connectivity index (χ4n) is 2.71. The first-order valence-corrected chi connectivity index (χ1v) is 10.0. The fraction of sp³-hybridized carbons (Fsp3) is 0. The van der Waals surface area contributed by atoms with Crippen molar-refractivity contribution in [1.29, 1.82) is 5.26 Å². The van der Waals surface area contributed by atoms with Gasteiger partial charge in [-0.15, -0.1) is 0 Å². The molecule has 0 aliphatic rings. The highest BCUT2D eigenvalue weighted by Gasteiger charge is 2.16. The summed E-state index contributed by atoms with van der Waals surface area (Å²) >= 11 is 0. The number of rotatable bonds is 5. The molecule has 4 rings (SSSR count). The van der Waals surface area contributed by atoms with Gasteiger partial charge in [0.05, 0.1) is 0 Å². The first kappa shape index (κ1) is 18.5. The summed E-state index contributed by atoms with van der Waals surface area (Å²) in [5.74, 6) is 0.328. The molecule has 0 N–H and O–H groups in total. The Bertz CT molecular complexity index is 1320. The molecule has 0 amide bonds. The zero-order valence-electron chi connectivity index (χ0n) is 15.0. The third kappa shape index (κ3) is 4.03. The number of oxazole rings is 1. The van der Waals surface area contributed by atoms with Gasteiger partial charge in [-0.1, -0.05) is 42.5 Å². The van der Waals surface area contributed by atoms with E-state index in [2.05, 4.69) is 11.1 Å². The van der Waals surface area contributed by atoms with Gasteiger partial charge in [-0.05, 0) is 48.0 Å². The summed E-state index contributed by atoms with van der Waals surface area (Å²) in [6.45, 7) is 0. The van der Waals surface area contributed by atoms with E-state index in [1.807, 2.05) is 12.1 Å². The van der Waals surface area contributed by atoms with Crippen LogP contribution in [0.2, 0.25) is 0 Å². The number of benzene rings is 3. The van der Waals surface area contributed by atoms with Gasteiger partial charge in [0, 0.05) is 0 Å². The van der Waals surface area contributed by atoms with Crippen molar-refractivity contribution in [3.8, 4) is 11.8 Å². The quantitative estimate of drug-likeness (QED) is 0.356. The number of para-hydroxylation sites is 2. The Morgan fingerprint density at radius 3 is 2.52 bits per heavy atom. The van der Waals surface area contributed by atoms with Crippen LogP contribution in [0.25, 0.3) is 22.7 Å². The first-order chi connectivity index (χ1) is 14.0. The summed E-state index contributed by atoms with van der Waals surface area (Å²) in [5, 5.41) is 9.52. The van der Waals surface area contributed by atoms with Gasteiger partial charge < -0.3 is 8.60 Å². The minimum Gasteiger partial charge on any atom is -0.435 e. The van der Waals surface area contributed by atoms with Crippen LogP contribution in [0.3, 0.4) is 0 Å². The lowest BCUT2D eigenvalue weighted by Crippen LogP contribution is -2.09. The molecule has 1 aromatic heterocycles. The van der Waals surface area contributed by atoms with Crippen LogP contribution in [0.1, 0.15) is 11.5 Å². The number of nitrogens with zero attached hydrogens (tertiary/aromatic N) is 2. The minimum atomic E-state index is -3.95. The maximum absolute atomic E-state index is 12.4. The number of hydrogen-bond donors (Lipinski definition) is 0. The minimum absolute atomic E-state index is 0.0603. The van der Waals surface area contributed by atoms with Crippen molar-refractivity contribution >= 4 is 32.9 Å². The molecule has 0 aliphatic heterocycles. The molecule has 0 saturated carbocycles. The van der Waals surface area contributed by atoms with Gasteiger partial charge in [0.1, 0.15) is 27.8 Å². The molecule has 0 radical (unpaired) electrons. The van der Waals surface area contributed by atoms with Crippen molar-refractivity contribution in [2.75, 3.05) is 0 Å². The molecular formula is C22H14N2O4S. The topological polar surface area (TPSA) is 93.2 Å². The highest BCUT2D eigenvalue weighted by Crippen LogP contribution is 2.25. The van der Waals surface area contributed by atoms with Crippen molar-refractivity contribution < 1.29 is 17.0 Å². The van der Waals surface area contributed by atoms with E-state index in [1.165, 1.54) is 24.3 Å². The molecule has 29 heavy (non-hydrogen) atoms. The van der Waals surface area contributed by atoms with Crippen molar-refractivity contribution in [3.63, 3.8) is 0 Å². The van der Waals surface area contributed by atoms with Gasteiger partial charge >= 0.3 is 10.1 Å². The molecule has 0 unspecified atom stereocenters. The molecule has 1 heterocycles. The van der Waals surface area contributed by atoms with Gasteiger partial charge in [0.2, 0.25) is 5.89 Å². The molecule has 142 valence electrons. The Labute approximate surface area is 167 Å². The second-order valence-corrected chi connectivity index (χ2v) is 7.63. The Morgan fingerprint density at radius 2 is 1.76 bits per heavy atom. The standard InChI is InChI=1S/C22H14N2O4S/c23-15-17(22-24-20-11-4-5-12-21(20)27-22)13-16-7-6-8-18(14-16)28-29(25,26)19-9-2-1-3-10-19/h1-14H/b17-13-. The van der Waals surface area contributed by atoms with Crippen LogP contribution >= 0.6 is 0 Å². The number of aromatic nitrogens is 1. The number of nitriles is 1. The van der Waals surface area contributed by atoms with Crippen LogP contribution in [0.5, 0.6) is 5.75 Å². The zero-order valence-corrected chi connectivity index (χ0v) is 15.8. The van der Waals surface area contributed by atoms with Crippen LogP contribution in [0.4, 0.5) is 0 Å². The molecule has 6 nitrogen and oxygen atoms in total. The van der Waals surface area contributed by atoms with Crippen LogP contribution in [0, 0.1) is 11.3 Å². The monoisotopic (exact) mass is 402 g/mol. The summed E-state index contributed by atoms with van der Waals surface area (Å²) < 4.78 is 35.6. The largest absolute Gasteiger partial charge is 0.435 e.